The molecule has 90 valence electrons. The highest BCUT2D eigenvalue weighted by atomic mass is 16.5. The molecule has 3 N–H and O–H groups in total. The van der Waals surface area contributed by atoms with Crippen molar-refractivity contribution in [2.75, 3.05) is 20.2 Å². The van der Waals surface area contributed by atoms with Crippen LogP contribution in [0.2, 0.25) is 0 Å². The van der Waals surface area contributed by atoms with Crippen LogP contribution in [-0.4, -0.2) is 20.2 Å². The Bertz CT molecular complexity index is 298. The predicted molar refractivity (Wildman–Crippen MR) is 67.5 cm³/mol. The Kier molecular flexibility index (Phi) is 5.90. The molecule has 1 aromatic rings. The summed E-state index contributed by atoms with van der Waals surface area (Å²) in [6.45, 7) is 4.77. The van der Waals surface area contributed by atoms with Gasteiger partial charge in [0.15, 0.2) is 0 Å². The molecule has 0 aromatic heterocycles. The fraction of sp³-hybridized carbons (Fsp3) is 0.538. The van der Waals surface area contributed by atoms with E-state index < -0.39 is 0 Å². The van der Waals surface area contributed by atoms with Crippen LogP contribution in [0.5, 0.6) is 5.75 Å². The molecular formula is C13H22N2O. The van der Waals surface area contributed by atoms with Crippen LogP contribution in [0, 0.1) is 5.92 Å². The van der Waals surface area contributed by atoms with Crippen LogP contribution in [0.3, 0.4) is 0 Å². The van der Waals surface area contributed by atoms with Crippen molar-refractivity contribution >= 4 is 0 Å². The first kappa shape index (κ1) is 13.0. The van der Waals surface area contributed by atoms with Gasteiger partial charge in [0, 0.05) is 6.54 Å². The van der Waals surface area contributed by atoms with Crippen LogP contribution in [0.1, 0.15) is 18.9 Å². The molecule has 0 aliphatic carbocycles. The van der Waals surface area contributed by atoms with Gasteiger partial charge in [-0.05, 0) is 36.7 Å². The summed E-state index contributed by atoms with van der Waals surface area (Å²) in [4.78, 5) is 0. The molecular weight excluding hydrogens is 200 g/mol. The largest absolute Gasteiger partial charge is 0.497 e. The molecule has 1 atom stereocenters. The lowest BCUT2D eigenvalue weighted by Gasteiger charge is -2.13. The number of hydrogen-bond donors (Lipinski definition) is 2. The Balaban J connectivity index is 2.36. The van der Waals surface area contributed by atoms with E-state index in [1.165, 1.54) is 5.56 Å². The van der Waals surface area contributed by atoms with Crippen molar-refractivity contribution in [3.05, 3.63) is 29.8 Å². The highest BCUT2D eigenvalue weighted by Crippen LogP contribution is 2.12. The van der Waals surface area contributed by atoms with E-state index in [0.29, 0.717) is 5.92 Å². The third-order valence-corrected chi connectivity index (χ3v) is 2.81. The summed E-state index contributed by atoms with van der Waals surface area (Å²) in [5, 5.41) is 3.42. The van der Waals surface area contributed by atoms with Crippen LogP contribution in [0.4, 0.5) is 0 Å². The monoisotopic (exact) mass is 222 g/mol. The van der Waals surface area contributed by atoms with E-state index in [2.05, 4.69) is 24.4 Å². The van der Waals surface area contributed by atoms with Gasteiger partial charge >= 0.3 is 0 Å². The normalized spacial score (nSPS) is 12.4. The van der Waals surface area contributed by atoms with Gasteiger partial charge in [0.25, 0.3) is 0 Å². The van der Waals surface area contributed by atoms with Gasteiger partial charge in [0.05, 0.1) is 7.11 Å². The third kappa shape index (κ3) is 4.21. The average molecular weight is 222 g/mol. The SMILES string of the molecule is CCC(CN)CNCc1cccc(OC)c1. The molecule has 1 aromatic carbocycles. The summed E-state index contributed by atoms with van der Waals surface area (Å²) in [7, 11) is 1.69. The summed E-state index contributed by atoms with van der Waals surface area (Å²) in [6, 6.07) is 8.11. The number of rotatable bonds is 7. The van der Waals surface area contributed by atoms with Crippen LogP contribution in [0.25, 0.3) is 0 Å². The molecule has 0 saturated heterocycles. The van der Waals surface area contributed by atoms with E-state index in [0.717, 1.165) is 31.8 Å². The Morgan fingerprint density at radius 2 is 2.25 bits per heavy atom. The second-order valence-electron chi connectivity index (χ2n) is 3.99. The van der Waals surface area contributed by atoms with Crippen LogP contribution in [0.15, 0.2) is 24.3 Å². The van der Waals surface area contributed by atoms with Crippen molar-refractivity contribution in [1.82, 2.24) is 5.32 Å². The topological polar surface area (TPSA) is 47.3 Å². The number of methoxy groups -OCH3 is 1. The summed E-state index contributed by atoms with van der Waals surface area (Å²) in [5.41, 5.74) is 6.89. The highest BCUT2D eigenvalue weighted by molar-refractivity contribution is 5.28. The van der Waals surface area contributed by atoms with E-state index in [1.54, 1.807) is 7.11 Å². The maximum atomic E-state index is 5.65. The molecule has 0 saturated carbocycles. The summed E-state index contributed by atoms with van der Waals surface area (Å²) in [5.74, 6) is 1.48. The molecule has 16 heavy (non-hydrogen) atoms. The molecule has 1 unspecified atom stereocenters. The van der Waals surface area contributed by atoms with E-state index in [-0.39, 0.29) is 0 Å². The maximum absolute atomic E-state index is 5.65. The molecule has 0 fully saturated rings. The molecule has 3 nitrogen and oxygen atoms in total. The van der Waals surface area contributed by atoms with Gasteiger partial charge in [-0.2, -0.15) is 0 Å². The number of nitrogens with one attached hydrogen (secondary N) is 1. The molecule has 1 rings (SSSR count). The zero-order valence-electron chi connectivity index (χ0n) is 10.2. The van der Waals surface area contributed by atoms with Crippen LogP contribution >= 0.6 is 0 Å². The molecule has 0 spiro atoms. The zero-order chi connectivity index (χ0) is 11.8. The predicted octanol–water partition coefficient (Wildman–Crippen LogP) is 1.77. The molecule has 0 amide bonds. The lowest BCUT2D eigenvalue weighted by atomic mass is 10.1. The van der Waals surface area contributed by atoms with Gasteiger partial charge in [-0.1, -0.05) is 25.5 Å². The second kappa shape index (κ2) is 7.25. The number of nitrogens with two attached hydrogens (primary N) is 1. The van der Waals surface area contributed by atoms with Crippen molar-refractivity contribution in [1.29, 1.82) is 0 Å². The minimum atomic E-state index is 0.575. The van der Waals surface area contributed by atoms with Crippen molar-refractivity contribution in [3.63, 3.8) is 0 Å². The minimum absolute atomic E-state index is 0.575. The second-order valence-corrected chi connectivity index (χ2v) is 3.99. The number of ether oxygens (including phenoxy) is 1. The van der Waals surface area contributed by atoms with Crippen molar-refractivity contribution in [2.45, 2.75) is 19.9 Å². The molecule has 0 aliphatic heterocycles. The fourth-order valence-corrected chi connectivity index (χ4v) is 1.60. The molecule has 0 bridgehead atoms. The van der Waals surface area contributed by atoms with Gasteiger partial charge in [0.1, 0.15) is 5.75 Å². The highest BCUT2D eigenvalue weighted by Gasteiger charge is 2.02. The van der Waals surface area contributed by atoms with Gasteiger partial charge in [-0.3, -0.25) is 0 Å². The first-order valence-corrected chi connectivity index (χ1v) is 5.83. The van der Waals surface area contributed by atoms with Crippen molar-refractivity contribution in [2.24, 2.45) is 11.7 Å². The van der Waals surface area contributed by atoms with Crippen LogP contribution < -0.4 is 15.8 Å². The first-order valence-electron chi connectivity index (χ1n) is 5.83. The smallest absolute Gasteiger partial charge is 0.119 e. The van der Waals surface area contributed by atoms with Gasteiger partial charge < -0.3 is 15.8 Å². The zero-order valence-corrected chi connectivity index (χ0v) is 10.2. The molecule has 0 radical (unpaired) electrons. The van der Waals surface area contributed by atoms with Crippen LogP contribution in [-0.2, 0) is 6.54 Å². The van der Waals surface area contributed by atoms with Crippen molar-refractivity contribution in [3.8, 4) is 5.75 Å². The molecule has 0 aliphatic rings. The molecule has 0 heterocycles. The van der Waals surface area contributed by atoms with E-state index in [4.69, 9.17) is 10.5 Å². The fourth-order valence-electron chi connectivity index (χ4n) is 1.60. The Hall–Kier alpha value is -1.06. The van der Waals surface area contributed by atoms with E-state index in [1.807, 2.05) is 12.1 Å². The lowest BCUT2D eigenvalue weighted by molar-refractivity contribution is 0.413. The van der Waals surface area contributed by atoms with E-state index >= 15 is 0 Å². The number of benzene rings is 1. The number of hydrogen-bond acceptors (Lipinski definition) is 3. The summed E-state index contributed by atoms with van der Waals surface area (Å²) >= 11 is 0. The Labute approximate surface area is 98.0 Å². The molecule has 3 heteroatoms. The Morgan fingerprint density at radius 1 is 1.44 bits per heavy atom. The first-order chi connectivity index (χ1) is 7.80. The maximum Gasteiger partial charge on any atom is 0.119 e. The third-order valence-electron chi connectivity index (χ3n) is 2.81. The van der Waals surface area contributed by atoms with Gasteiger partial charge in [0.2, 0.25) is 0 Å². The summed E-state index contributed by atoms with van der Waals surface area (Å²) < 4.78 is 5.18. The quantitative estimate of drug-likeness (QED) is 0.739. The minimum Gasteiger partial charge on any atom is -0.497 e. The van der Waals surface area contributed by atoms with Crippen molar-refractivity contribution < 1.29 is 4.74 Å². The Morgan fingerprint density at radius 3 is 2.88 bits per heavy atom. The van der Waals surface area contributed by atoms with Gasteiger partial charge in [-0.15, -0.1) is 0 Å². The average Bonchev–Trinajstić information content (AvgIpc) is 2.35. The lowest BCUT2D eigenvalue weighted by Crippen LogP contribution is -2.27. The van der Waals surface area contributed by atoms with E-state index in [9.17, 15) is 0 Å². The summed E-state index contributed by atoms with van der Waals surface area (Å²) in [6.07, 6.45) is 1.13. The standard InChI is InChI=1S/C13H22N2O/c1-3-11(8-14)9-15-10-12-5-4-6-13(7-12)16-2/h4-7,11,15H,3,8-10,14H2,1-2H3. The van der Waals surface area contributed by atoms with Gasteiger partial charge in [-0.25, -0.2) is 0 Å².